The van der Waals surface area contributed by atoms with Gasteiger partial charge in [0.05, 0.1) is 15.7 Å². The number of halogens is 2. The molecule has 0 spiro atoms. The van der Waals surface area contributed by atoms with Crippen LogP contribution in [0.15, 0.2) is 48.5 Å². The number of carbonyl (C=O) groups excluding carboxylic acids is 1. The Hall–Kier alpha value is -2.63. The number of para-hydroxylation sites is 1. The molecule has 0 fully saturated rings. The van der Waals surface area contributed by atoms with Crippen LogP contribution in [-0.4, -0.2) is 15.8 Å². The Morgan fingerprint density at radius 3 is 2.19 bits per heavy atom. The largest absolute Gasteiger partial charge is 0.340 e. The van der Waals surface area contributed by atoms with Gasteiger partial charge in [-0.15, -0.1) is 0 Å². The monoisotopic (exact) mass is 386 g/mol. The highest BCUT2D eigenvalue weighted by Gasteiger charge is 2.09. The third kappa shape index (κ3) is 4.31. The summed E-state index contributed by atoms with van der Waals surface area (Å²) in [6, 6.07) is 14.2. The summed E-state index contributed by atoms with van der Waals surface area (Å²) >= 11 is 12.4. The standard InChI is InChI=1S/C19H16Cl2N4O/c1-11(26)13-5-3-6-14(9-13)24-17-10-18(23-12(2)22-17)25-19-15(20)7-4-8-16(19)21/h3-10H,1-2H3,(H2,22,23,24,25). The predicted molar refractivity (Wildman–Crippen MR) is 106 cm³/mol. The molecule has 0 aliphatic carbocycles. The van der Waals surface area contributed by atoms with Gasteiger partial charge >= 0.3 is 0 Å². The highest BCUT2D eigenvalue weighted by atomic mass is 35.5. The van der Waals surface area contributed by atoms with E-state index >= 15 is 0 Å². The Morgan fingerprint density at radius 1 is 0.923 bits per heavy atom. The second-order valence-corrected chi connectivity index (χ2v) is 6.48. The summed E-state index contributed by atoms with van der Waals surface area (Å²) in [6.45, 7) is 3.32. The van der Waals surface area contributed by atoms with Crippen molar-refractivity contribution in [1.29, 1.82) is 0 Å². The van der Waals surface area contributed by atoms with E-state index in [4.69, 9.17) is 23.2 Å². The van der Waals surface area contributed by atoms with Crippen LogP contribution >= 0.6 is 23.2 Å². The molecule has 132 valence electrons. The lowest BCUT2D eigenvalue weighted by molar-refractivity contribution is 0.101. The van der Waals surface area contributed by atoms with Crippen molar-refractivity contribution >= 4 is 52.0 Å². The number of hydrogen-bond acceptors (Lipinski definition) is 5. The van der Waals surface area contributed by atoms with E-state index in [0.29, 0.717) is 38.8 Å². The highest BCUT2D eigenvalue weighted by molar-refractivity contribution is 6.39. The van der Waals surface area contributed by atoms with Crippen LogP contribution in [0.1, 0.15) is 23.1 Å². The van der Waals surface area contributed by atoms with Crippen molar-refractivity contribution in [2.24, 2.45) is 0 Å². The average Bonchev–Trinajstić information content (AvgIpc) is 2.58. The van der Waals surface area contributed by atoms with Crippen LogP contribution in [-0.2, 0) is 0 Å². The zero-order valence-electron chi connectivity index (χ0n) is 14.2. The smallest absolute Gasteiger partial charge is 0.159 e. The van der Waals surface area contributed by atoms with Crippen LogP contribution in [0, 0.1) is 6.92 Å². The lowest BCUT2D eigenvalue weighted by Gasteiger charge is -2.12. The third-order valence-corrected chi connectivity index (χ3v) is 4.23. The van der Waals surface area contributed by atoms with E-state index in [9.17, 15) is 4.79 Å². The lowest BCUT2D eigenvalue weighted by atomic mass is 10.1. The zero-order chi connectivity index (χ0) is 18.7. The Morgan fingerprint density at radius 2 is 1.54 bits per heavy atom. The quantitative estimate of drug-likeness (QED) is 0.543. The summed E-state index contributed by atoms with van der Waals surface area (Å²) in [5.41, 5.74) is 1.97. The molecule has 26 heavy (non-hydrogen) atoms. The van der Waals surface area contributed by atoms with Crippen LogP contribution < -0.4 is 10.6 Å². The highest BCUT2D eigenvalue weighted by Crippen LogP contribution is 2.32. The maximum absolute atomic E-state index is 11.5. The van der Waals surface area contributed by atoms with Crippen molar-refractivity contribution in [2.45, 2.75) is 13.8 Å². The minimum Gasteiger partial charge on any atom is -0.340 e. The van der Waals surface area contributed by atoms with Gasteiger partial charge in [-0.2, -0.15) is 0 Å². The summed E-state index contributed by atoms with van der Waals surface area (Å²) in [5.74, 6) is 1.72. The van der Waals surface area contributed by atoms with Crippen LogP contribution in [0.3, 0.4) is 0 Å². The second kappa shape index (κ2) is 7.72. The number of hydrogen-bond donors (Lipinski definition) is 2. The fourth-order valence-electron chi connectivity index (χ4n) is 2.40. The number of carbonyl (C=O) groups is 1. The van der Waals surface area contributed by atoms with E-state index in [-0.39, 0.29) is 5.78 Å². The molecule has 0 atom stereocenters. The first-order valence-corrected chi connectivity index (χ1v) is 8.63. The van der Waals surface area contributed by atoms with Gasteiger partial charge in [-0.25, -0.2) is 9.97 Å². The van der Waals surface area contributed by atoms with Gasteiger partial charge in [0.2, 0.25) is 0 Å². The number of Topliss-reactive ketones (excluding diaryl/α,β-unsaturated/α-hetero) is 1. The maximum atomic E-state index is 11.5. The molecular formula is C19H16Cl2N4O. The number of aryl methyl sites for hydroxylation is 1. The first kappa shape index (κ1) is 18.2. The molecule has 2 aromatic carbocycles. The van der Waals surface area contributed by atoms with E-state index in [0.717, 1.165) is 5.69 Å². The molecule has 3 rings (SSSR count). The molecule has 0 amide bonds. The molecule has 3 aromatic rings. The molecule has 0 unspecified atom stereocenters. The number of anilines is 4. The van der Waals surface area contributed by atoms with E-state index in [1.807, 2.05) is 12.1 Å². The molecule has 0 aliphatic heterocycles. The van der Waals surface area contributed by atoms with Crippen molar-refractivity contribution in [1.82, 2.24) is 9.97 Å². The maximum Gasteiger partial charge on any atom is 0.159 e. The molecule has 1 heterocycles. The van der Waals surface area contributed by atoms with Crippen molar-refractivity contribution < 1.29 is 4.79 Å². The minimum absolute atomic E-state index is 0.00300. The van der Waals surface area contributed by atoms with Crippen LogP contribution in [0.5, 0.6) is 0 Å². The number of ketones is 1. The van der Waals surface area contributed by atoms with Gasteiger partial charge < -0.3 is 10.6 Å². The molecule has 2 N–H and O–H groups in total. The normalized spacial score (nSPS) is 10.5. The van der Waals surface area contributed by atoms with Crippen molar-refractivity contribution in [3.05, 3.63) is 70.0 Å². The van der Waals surface area contributed by atoms with E-state index in [2.05, 4.69) is 20.6 Å². The fourth-order valence-corrected chi connectivity index (χ4v) is 2.90. The predicted octanol–water partition coefficient (Wildman–Crippen LogP) is 5.78. The molecule has 0 saturated carbocycles. The van der Waals surface area contributed by atoms with E-state index < -0.39 is 0 Å². The topological polar surface area (TPSA) is 66.9 Å². The number of nitrogens with one attached hydrogen (secondary N) is 2. The summed E-state index contributed by atoms with van der Waals surface area (Å²) < 4.78 is 0. The molecule has 0 bridgehead atoms. The van der Waals surface area contributed by atoms with Gasteiger partial charge in [-0.3, -0.25) is 4.79 Å². The SMILES string of the molecule is CC(=O)c1cccc(Nc2cc(Nc3c(Cl)cccc3Cl)nc(C)n2)c1. The number of benzene rings is 2. The van der Waals surface area contributed by atoms with Gasteiger partial charge in [0.1, 0.15) is 17.5 Å². The summed E-state index contributed by atoms with van der Waals surface area (Å²) in [6.07, 6.45) is 0. The second-order valence-electron chi connectivity index (χ2n) is 5.67. The summed E-state index contributed by atoms with van der Waals surface area (Å²) in [7, 11) is 0. The van der Waals surface area contributed by atoms with Gasteiger partial charge in [0.25, 0.3) is 0 Å². The Bertz CT molecular complexity index is 955. The van der Waals surface area contributed by atoms with Gasteiger partial charge in [0.15, 0.2) is 5.78 Å². The number of rotatable bonds is 5. The summed E-state index contributed by atoms with van der Waals surface area (Å²) in [5, 5.41) is 7.31. The Labute approximate surface area is 161 Å². The Kier molecular flexibility index (Phi) is 5.40. The first-order valence-electron chi connectivity index (χ1n) is 7.87. The first-order chi connectivity index (χ1) is 12.4. The van der Waals surface area contributed by atoms with E-state index in [1.165, 1.54) is 6.92 Å². The van der Waals surface area contributed by atoms with Crippen LogP contribution in [0.2, 0.25) is 10.0 Å². The number of nitrogens with zero attached hydrogens (tertiary/aromatic N) is 2. The van der Waals surface area contributed by atoms with Crippen molar-refractivity contribution in [3.8, 4) is 0 Å². The zero-order valence-corrected chi connectivity index (χ0v) is 15.7. The molecular weight excluding hydrogens is 371 g/mol. The Balaban J connectivity index is 1.88. The summed E-state index contributed by atoms with van der Waals surface area (Å²) in [4.78, 5) is 20.3. The van der Waals surface area contributed by atoms with Gasteiger partial charge in [-0.1, -0.05) is 41.4 Å². The molecule has 0 radical (unpaired) electrons. The van der Waals surface area contributed by atoms with Crippen molar-refractivity contribution in [3.63, 3.8) is 0 Å². The third-order valence-electron chi connectivity index (χ3n) is 3.60. The van der Waals surface area contributed by atoms with Crippen LogP contribution in [0.4, 0.5) is 23.0 Å². The van der Waals surface area contributed by atoms with Crippen LogP contribution in [0.25, 0.3) is 0 Å². The molecule has 0 aliphatic rings. The minimum atomic E-state index is 0.00300. The molecule has 0 saturated heterocycles. The molecule has 5 nitrogen and oxygen atoms in total. The molecule has 1 aromatic heterocycles. The van der Waals surface area contributed by atoms with Crippen molar-refractivity contribution in [2.75, 3.05) is 10.6 Å². The lowest BCUT2D eigenvalue weighted by Crippen LogP contribution is -2.02. The fraction of sp³-hybridized carbons (Fsp3) is 0.105. The van der Waals surface area contributed by atoms with Gasteiger partial charge in [0, 0.05) is 17.3 Å². The number of aromatic nitrogens is 2. The molecule has 7 heteroatoms. The van der Waals surface area contributed by atoms with Gasteiger partial charge in [-0.05, 0) is 38.1 Å². The van der Waals surface area contributed by atoms with E-state index in [1.54, 1.807) is 43.3 Å². The average molecular weight is 387 g/mol.